The third-order valence-corrected chi connectivity index (χ3v) is 4.56. The average molecular weight is 344 g/mol. The van der Waals surface area contributed by atoms with Crippen molar-refractivity contribution >= 4 is 37.5 Å². The fraction of sp³-hybridized carbons (Fsp3) is 0.133. The second-order valence-corrected chi connectivity index (χ2v) is 6.72. The fourth-order valence-corrected chi connectivity index (χ4v) is 3.55. The SMILES string of the molecule is CCc1nc(-c2cccc(C#N)c2)nc2sc(Br)cc12. The molecule has 0 atom stereocenters. The number of hydrogen-bond acceptors (Lipinski definition) is 4. The number of aromatic nitrogens is 2. The highest BCUT2D eigenvalue weighted by Gasteiger charge is 2.11. The van der Waals surface area contributed by atoms with E-state index in [1.807, 2.05) is 18.2 Å². The predicted molar refractivity (Wildman–Crippen MR) is 84.6 cm³/mol. The maximum Gasteiger partial charge on any atom is 0.161 e. The summed E-state index contributed by atoms with van der Waals surface area (Å²) in [4.78, 5) is 10.2. The summed E-state index contributed by atoms with van der Waals surface area (Å²) >= 11 is 5.10. The molecule has 0 N–H and O–H groups in total. The van der Waals surface area contributed by atoms with E-state index in [0.717, 1.165) is 31.7 Å². The Kier molecular flexibility index (Phi) is 3.51. The summed E-state index contributed by atoms with van der Waals surface area (Å²) in [7, 11) is 0. The van der Waals surface area contributed by atoms with Gasteiger partial charge in [-0.15, -0.1) is 11.3 Å². The topological polar surface area (TPSA) is 49.6 Å². The minimum atomic E-state index is 0.622. The molecule has 20 heavy (non-hydrogen) atoms. The van der Waals surface area contributed by atoms with E-state index in [1.165, 1.54) is 0 Å². The lowest BCUT2D eigenvalue weighted by Gasteiger charge is -2.04. The fourth-order valence-electron chi connectivity index (χ4n) is 2.08. The third kappa shape index (κ3) is 2.33. The number of hydrogen-bond donors (Lipinski definition) is 0. The molecule has 0 spiro atoms. The highest BCUT2D eigenvalue weighted by Crippen LogP contribution is 2.32. The molecule has 0 saturated heterocycles. The quantitative estimate of drug-likeness (QED) is 0.685. The summed E-state index contributed by atoms with van der Waals surface area (Å²) in [5.41, 5.74) is 2.54. The van der Waals surface area contributed by atoms with Crippen LogP contribution >= 0.6 is 27.3 Å². The molecule has 0 aliphatic heterocycles. The monoisotopic (exact) mass is 343 g/mol. The molecule has 2 aromatic heterocycles. The highest BCUT2D eigenvalue weighted by molar-refractivity contribution is 9.11. The van der Waals surface area contributed by atoms with Gasteiger partial charge in [-0.1, -0.05) is 19.1 Å². The summed E-state index contributed by atoms with van der Waals surface area (Å²) in [6.07, 6.45) is 0.854. The van der Waals surface area contributed by atoms with Crippen LogP contribution in [0.1, 0.15) is 18.2 Å². The molecule has 3 nitrogen and oxygen atoms in total. The van der Waals surface area contributed by atoms with Gasteiger partial charge in [-0.3, -0.25) is 0 Å². The van der Waals surface area contributed by atoms with Crippen molar-refractivity contribution in [3.8, 4) is 17.5 Å². The minimum Gasteiger partial charge on any atom is -0.232 e. The van der Waals surface area contributed by atoms with Gasteiger partial charge >= 0.3 is 0 Å². The van der Waals surface area contributed by atoms with E-state index in [-0.39, 0.29) is 0 Å². The van der Waals surface area contributed by atoms with E-state index < -0.39 is 0 Å². The zero-order valence-electron chi connectivity index (χ0n) is 10.7. The van der Waals surface area contributed by atoms with Crippen LogP contribution in [0.25, 0.3) is 21.6 Å². The first kappa shape index (κ1) is 13.2. The molecular weight excluding hydrogens is 334 g/mol. The van der Waals surface area contributed by atoms with E-state index in [9.17, 15) is 0 Å². The molecule has 0 bridgehead atoms. The Morgan fingerprint density at radius 1 is 1.30 bits per heavy atom. The van der Waals surface area contributed by atoms with Gasteiger partial charge in [-0.05, 0) is 40.5 Å². The average Bonchev–Trinajstić information content (AvgIpc) is 2.86. The number of fused-ring (bicyclic) bond motifs is 1. The first-order valence-electron chi connectivity index (χ1n) is 6.17. The van der Waals surface area contributed by atoms with Gasteiger partial charge in [0.2, 0.25) is 0 Å². The molecular formula is C15H10BrN3S. The van der Waals surface area contributed by atoms with Crippen molar-refractivity contribution in [2.24, 2.45) is 0 Å². The Bertz CT molecular complexity index is 833. The number of nitriles is 1. The van der Waals surface area contributed by atoms with Gasteiger partial charge in [0.05, 0.1) is 21.1 Å². The zero-order valence-corrected chi connectivity index (χ0v) is 13.1. The van der Waals surface area contributed by atoms with Crippen molar-refractivity contribution in [3.05, 3.63) is 45.4 Å². The Balaban J connectivity index is 2.23. The van der Waals surface area contributed by atoms with Gasteiger partial charge in [-0.2, -0.15) is 5.26 Å². The predicted octanol–water partition coefficient (Wildman–Crippen LogP) is 4.55. The molecule has 3 aromatic rings. The number of halogens is 1. The molecule has 1 aromatic carbocycles. The summed E-state index contributed by atoms with van der Waals surface area (Å²) < 4.78 is 1.06. The van der Waals surface area contributed by atoms with Gasteiger partial charge in [0.1, 0.15) is 4.83 Å². The molecule has 5 heteroatoms. The normalized spacial score (nSPS) is 10.7. The van der Waals surface area contributed by atoms with Crippen LogP contribution in [-0.2, 0) is 6.42 Å². The van der Waals surface area contributed by atoms with Crippen molar-refractivity contribution in [2.75, 3.05) is 0 Å². The first-order chi connectivity index (χ1) is 9.71. The molecule has 0 unspecified atom stereocenters. The standard InChI is InChI=1S/C15H10BrN3S/c1-2-12-11-7-13(16)20-15(11)19-14(18-12)10-5-3-4-9(6-10)8-17/h3-7H,2H2,1H3. The van der Waals surface area contributed by atoms with E-state index in [0.29, 0.717) is 11.4 Å². The van der Waals surface area contributed by atoms with E-state index in [1.54, 1.807) is 17.4 Å². The van der Waals surface area contributed by atoms with Crippen LogP contribution in [0, 0.1) is 11.3 Å². The summed E-state index contributed by atoms with van der Waals surface area (Å²) in [6, 6.07) is 11.6. The van der Waals surface area contributed by atoms with Crippen LogP contribution in [0.2, 0.25) is 0 Å². The number of nitrogens with zero attached hydrogens (tertiary/aromatic N) is 3. The maximum absolute atomic E-state index is 8.99. The number of aryl methyl sites for hydroxylation is 1. The Morgan fingerprint density at radius 3 is 2.90 bits per heavy atom. The molecule has 0 saturated carbocycles. The smallest absolute Gasteiger partial charge is 0.161 e. The van der Waals surface area contributed by atoms with Gasteiger partial charge in [0.15, 0.2) is 5.82 Å². The van der Waals surface area contributed by atoms with Gasteiger partial charge < -0.3 is 0 Å². The van der Waals surface area contributed by atoms with Gasteiger partial charge in [0, 0.05) is 10.9 Å². The van der Waals surface area contributed by atoms with Crippen LogP contribution in [0.5, 0.6) is 0 Å². The van der Waals surface area contributed by atoms with E-state index in [2.05, 4.69) is 45.0 Å². The molecule has 98 valence electrons. The van der Waals surface area contributed by atoms with Crippen molar-refractivity contribution in [3.63, 3.8) is 0 Å². The molecule has 0 aliphatic carbocycles. The Morgan fingerprint density at radius 2 is 2.15 bits per heavy atom. The largest absolute Gasteiger partial charge is 0.232 e. The van der Waals surface area contributed by atoms with Crippen LogP contribution in [0.15, 0.2) is 34.1 Å². The van der Waals surface area contributed by atoms with Crippen LogP contribution in [-0.4, -0.2) is 9.97 Å². The van der Waals surface area contributed by atoms with Crippen molar-refractivity contribution in [2.45, 2.75) is 13.3 Å². The Labute approximate surface area is 129 Å². The second-order valence-electron chi connectivity index (χ2n) is 4.31. The lowest BCUT2D eigenvalue weighted by molar-refractivity contribution is 1.04. The van der Waals surface area contributed by atoms with E-state index >= 15 is 0 Å². The lowest BCUT2D eigenvalue weighted by Crippen LogP contribution is -1.95. The highest BCUT2D eigenvalue weighted by atomic mass is 79.9. The summed E-state index contributed by atoms with van der Waals surface area (Å²) in [6.45, 7) is 2.09. The third-order valence-electron chi connectivity index (χ3n) is 3.03. The molecule has 3 rings (SSSR count). The van der Waals surface area contributed by atoms with Crippen LogP contribution in [0.4, 0.5) is 0 Å². The van der Waals surface area contributed by atoms with Crippen LogP contribution in [0.3, 0.4) is 0 Å². The number of rotatable bonds is 2. The maximum atomic E-state index is 8.99. The lowest BCUT2D eigenvalue weighted by atomic mass is 10.1. The van der Waals surface area contributed by atoms with Crippen molar-refractivity contribution in [1.82, 2.24) is 9.97 Å². The molecule has 0 aliphatic rings. The molecule has 0 radical (unpaired) electrons. The van der Waals surface area contributed by atoms with E-state index in [4.69, 9.17) is 5.26 Å². The molecule has 0 amide bonds. The number of benzene rings is 1. The van der Waals surface area contributed by atoms with Crippen molar-refractivity contribution < 1.29 is 0 Å². The minimum absolute atomic E-state index is 0.622. The van der Waals surface area contributed by atoms with Gasteiger partial charge in [-0.25, -0.2) is 9.97 Å². The first-order valence-corrected chi connectivity index (χ1v) is 7.78. The second kappa shape index (κ2) is 5.31. The summed E-state index contributed by atoms with van der Waals surface area (Å²) in [5, 5.41) is 10.1. The number of thiophene rings is 1. The molecule has 0 fully saturated rings. The zero-order chi connectivity index (χ0) is 14.1. The Hall–Kier alpha value is -1.77. The van der Waals surface area contributed by atoms with Crippen LogP contribution < -0.4 is 0 Å². The van der Waals surface area contributed by atoms with Gasteiger partial charge in [0.25, 0.3) is 0 Å². The molecule has 2 heterocycles. The van der Waals surface area contributed by atoms with Crippen molar-refractivity contribution in [1.29, 1.82) is 5.26 Å². The summed E-state index contributed by atoms with van der Waals surface area (Å²) in [5.74, 6) is 0.681.